The van der Waals surface area contributed by atoms with Crippen molar-refractivity contribution in [2.24, 2.45) is 5.92 Å². The number of benzene rings is 2. The van der Waals surface area contributed by atoms with E-state index >= 15 is 0 Å². The van der Waals surface area contributed by atoms with E-state index in [4.69, 9.17) is 18.9 Å². The predicted molar refractivity (Wildman–Crippen MR) is 142 cm³/mol. The van der Waals surface area contributed by atoms with Gasteiger partial charge in [-0.2, -0.15) is 0 Å². The summed E-state index contributed by atoms with van der Waals surface area (Å²) in [6.45, 7) is 3.67. The van der Waals surface area contributed by atoms with Crippen molar-refractivity contribution in [2.75, 3.05) is 13.6 Å². The van der Waals surface area contributed by atoms with Crippen LogP contribution in [-0.4, -0.2) is 41.8 Å². The monoisotopic (exact) mass is 546 g/mol. The van der Waals surface area contributed by atoms with Gasteiger partial charge in [-0.25, -0.2) is 0 Å². The minimum absolute atomic E-state index is 0.0350. The summed E-state index contributed by atoms with van der Waals surface area (Å²) in [6.07, 6.45) is 8.57. The predicted octanol–water partition coefficient (Wildman–Crippen LogP) is 6.39. The summed E-state index contributed by atoms with van der Waals surface area (Å²) in [5.74, 6) is 0.0350. The van der Waals surface area contributed by atoms with Crippen molar-refractivity contribution in [1.29, 1.82) is 0 Å². The molecule has 1 unspecified atom stereocenters. The van der Waals surface area contributed by atoms with E-state index in [0.29, 0.717) is 19.6 Å². The quantitative estimate of drug-likeness (QED) is 0.114. The van der Waals surface area contributed by atoms with Crippen LogP contribution in [0.5, 0.6) is 0 Å². The normalized spacial score (nSPS) is 23.2. The van der Waals surface area contributed by atoms with Crippen LogP contribution in [0, 0.1) is 5.92 Å². The molecule has 6 heteroatoms. The highest BCUT2D eigenvalue weighted by Gasteiger charge is 2.40. The Morgan fingerprint density at radius 1 is 0.943 bits per heavy atom. The molecule has 0 bridgehead atoms. The average molecular weight is 548 g/mol. The summed E-state index contributed by atoms with van der Waals surface area (Å²) in [4.78, 5) is -0.0662. The summed E-state index contributed by atoms with van der Waals surface area (Å²) in [7, 11) is 0. The van der Waals surface area contributed by atoms with Crippen LogP contribution in [-0.2, 0) is 32.2 Å². The van der Waals surface area contributed by atoms with Crippen molar-refractivity contribution in [3.63, 3.8) is 0 Å². The number of hydrogen-bond donors (Lipinski definition) is 1. The SMILES string of the molecule is CCCCCC(/C=C/[C@@H]1[C@H](Br)[C@@H](O)C[C@H]1OCOCc1ccccc1)OCOCc1ccccc1. The molecular weight excluding hydrogens is 508 g/mol. The maximum Gasteiger partial charge on any atom is 0.147 e. The number of aliphatic hydroxyl groups is 1. The minimum Gasteiger partial charge on any atom is -0.392 e. The Balaban J connectivity index is 1.48. The molecule has 1 fully saturated rings. The van der Waals surface area contributed by atoms with E-state index < -0.39 is 6.10 Å². The van der Waals surface area contributed by atoms with Crippen LogP contribution in [0.15, 0.2) is 72.8 Å². The Labute approximate surface area is 218 Å². The summed E-state index contributed by atoms with van der Waals surface area (Å²) in [5.41, 5.74) is 2.24. The van der Waals surface area contributed by atoms with E-state index in [-0.39, 0.29) is 36.5 Å². The molecule has 2 aromatic rings. The van der Waals surface area contributed by atoms with Gasteiger partial charge in [-0.3, -0.25) is 0 Å². The van der Waals surface area contributed by atoms with Crippen LogP contribution in [0.2, 0.25) is 0 Å². The third-order valence-electron chi connectivity index (χ3n) is 6.23. The van der Waals surface area contributed by atoms with Crippen molar-refractivity contribution < 1.29 is 24.1 Å². The van der Waals surface area contributed by atoms with Crippen LogP contribution >= 0.6 is 15.9 Å². The molecule has 0 spiro atoms. The Bertz CT molecular complexity index is 831. The van der Waals surface area contributed by atoms with E-state index in [9.17, 15) is 5.11 Å². The van der Waals surface area contributed by atoms with Crippen molar-refractivity contribution in [1.82, 2.24) is 0 Å². The number of unbranched alkanes of at least 4 members (excludes halogenated alkanes) is 2. The van der Waals surface area contributed by atoms with Crippen molar-refractivity contribution >= 4 is 15.9 Å². The topological polar surface area (TPSA) is 57.2 Å². The molecule has 1 aliphatic carbocycles. The molecule has 0 aliphatic heterocycles. The van der Waals surface area contributed by atoms with Gasteiger partial charge in [0, 0.05) is 17.2 Å². The van der Waals surface area contributed by atoms with Crippen molar-refractivity contribution in [3.8, 4) is 0 Å². The molecule has 5 nitrogen and oxygen atoms in total. The molecule has 192 valence electrons. The van der Waals surface area contributed by atoms with Crippen LogP contribution < -0.4 is 0 Å². The molecule has 2 aromatic carbocycles. The summed E-state index contributed by atoms with van der Waals surface area (Å²) < 4.78 is 23.5. The summed E-state index contributed by atoms with van der Waals surface area (Å²) in [6, 6.07) is 20.1. The van der Waals surface area contributed by atoms with Gasteiger partial charge in [-0.05, 0) is 17.5 Å². The number of rotatable bonds is 16. The molecule has 1 aliphatic rings. The van der Waals surface area contributed by atoms with Crippen LogP contribution in [0.1, 0.15) is 50.2 Å². The molecule has 1 saturated carbocycles. The number of aliphatic hydroxyl groups excluding tert-OH is 1. The highest BCUT2D eigenvalue weighted by molar-refractivity contribution is 9.09. The Hall–Kier alpha value is -1.54. The Morgan fingerprint density at radius 3 is 2.20 bits per heavy atom. The molecule has 0 aromatic heterocycles. The van der Waals surface area contributed by atoms with Gasteiger partial charge in [-0.15, -0.1) is 0 Å². The molecule has 0 heterocycles. The second-order valence-electron chi connectivity index (χ2n) is 9.02. The third kappa shape index (κ3) is 10.2. The molecule has 5 atom stereocenters. The second-order valence-corrected chi connectivity index (χ2v) is 10.1. The molecule has 0 amide bonds. The summed E-state index contributed by atoms with van der Waals surface area (Å²) >= 11 is 3.67. The van der Waals surface area contributed by atoms with E-state index in [1.54, 1.807) is 0 Å². The first-order valence-electron chi connectivity index (χ1n) is 12.6. The number of hydrogen-bond acceptors (Lipinski definition) is 5. The molecule has 0 saturated heterocycles. The number of alkyl halides is 1. The van der Waals surface area contributed by atoms with E-state index in [1.165, 1.54) is 6.42 Å². The maximum absolute atomic E-state index is 10.4. The van der Waals surface area contributed by atoms with Gasteiger partial charge in [0.2, 0.25) is 0 Å². The van der Waals surface area contributed by atoms with Gasteiger partial charge < -0.3 is 24.1 Å². The largest absolute Gasteiger partial charge is 0.392 e. The molecular formula is C29H39BrO5. The zero-order valence-electron chi connectivity index (χ0n) is 20.6. The molecule has 3 rings (SSSR count). The average Bonchev–Trinajstić information content (AvgIpc) is 3.16. The van der Waals surface area contributed by atoms with E-state index in [0.717, 1.165) is 30.4 Å². The van der Waals surface area contributed by atoms with E-state index in [1.807, 2.05) is 60.7 Å². The first-order valence-corrected chi connectivity index (χ1v) is 13.6. The third-order valence-corrected chi connectivity index (χ3v) is 7.45. The van der Waals surface area contributed by atoms with Gasteiger partial charge in [0.1, 0.15) is 13.6 Å². The highest BCUT2D eigenvalue weighted by Crippen LogP contribution is 2.35. The maximum atomic E-state index is 10.4. The van der Waals surface area contributed by atoms with Crippen LogP contribution in [0.3, 0.4) is 0 Å². The second kappa shape index (κ2) is 16.3. The Morgan fingerprint density at radius 2 is 1.57 bits per heavy atom. The van der Waals surface area contributed by atoms with Crippen molar-refractivity contribution in [3.05, 3.63) is 83.9 Å². The summed E-state index contributed by atoms with van der Waals surface area (Å²) in [5, 5.41) is 10.4. The number of ether oxygens (including phenoxy) is 4. The van der Waals surface area contributed by atoms with Gasteiger partial charge in [0.25, 0.3) is 0 Å². The fourth-order valence-corrected chi connectivity index (χ4v) is 4.95. The lowest BCUT2D eigenvalue weighted by atomic mass is 10.0. The van der Waals surface area contributed by atoms with Crippen molar-refractivity contribution in [2.45, 2.75) is 75.4 Å². The Kier molecular flexibility index (Phi) is 13.0. The minimum atomic E-state index is -0.461. The zero-order valence-corrected chi connectivity index (χ0v) is 22.2. The van der Waals surface area contributed by atoms with Gasteiger partial charge in [0.05, 0.1) is 31.5 Å². The highest BCUT2D eigenvalue weighted by atomic mass is 79.9. The molecule has 1 N–H and O–H groups in total. The molecule has 0 radical (unpaired) electrons. The first-order chi connectivity index (χ1) is 17.2. The lowest BCUT2D eigenvalue weighted by Crippen LogP contribution is -2.24. The van der Waals surface area contributed by atoms with Gasteiger partial charge >= 0.3 is 0 Å². The zero-order chi connectivity index (χ0) is 24.7. The lowest BCUT2D eigenvalue weighted by Gasteiger charge is -2.21. The smallest absolute Gasteiger partial charge is 0.147 e. The van der Waals surface area contributed by atoms with E-state index in [2.05, 4.69) is 35.0 Å². The first kappa shape index (κ1) is 28.0. The van der Waals surface area contributed by atoms with Crippen LogP contribution in [0.25, 0.3) is 0 Å². The van der Waals surface area contributed by atoms with Crippen LogP contribution in [0.4, 0.5) is 0 Å². The standard InChI is InChI=1S/C29H39BrO5/c1-2-3-6-15-25(34-21-32-19-23-11-7-4-8-12-23)16-17-26-28(18-27(31)29(26)30)35-22-33-20-24-13-9-5-10-14-24/h4-5,7-14,16-17,25-29,31H,2-3,6,15,18-22H2,1H3/b17-16+/t25?,26-,27-,28+,29-/m0/s1. The lowest BCUT2D eigenvalue weighted by molar-refractivity contribution is -0.103. The van der Waals surface area contributed by atoms with Gasteiger partial charge in [-0.1, -0.05) is 115 Å². The fraction of sp³-hybridized carbons (Fsp3) is 0.517. The van der Waals surface area contributed by atoms with Gasteiger partial charge in [0.15, 0.2) is 0 Å². The molecule has 35 heavy (non-hydrogen) atoms. The number of halogens is 1. The fourth-order valence-electron chi connectivity index (χ4n) is 4.22.